The summed E-state index contributed by atoms with van der Waals surface area (Å²) in [5.74, 6) is -0.227. The van der Waals surface area contributed by atoms with Crippen LogP contribution in [0, 0.1) is 11.6 Å². The van der Waals surface area contributed by atoms with E-state index in [0.717, 1.165) is 47.2 Å². The van der Waals surface area contributed by atoms with Crippen LogP contribution >= 0.6 is 10.7 Å². The Kier molecular flexibility index (Phi) is 16.5. The highest BCUT2D eigenvalue weighted by Gasteiger charge is 2.19. The van der Waals surface area contributed by atoms with Crippen LogP contribution in [-0.2, 0) is 51.7 Å². The van der Waals surface area contributed by atoms with Gasteiger partial charge in [0.05, 0.1) is 16.1 Å². The molecule has 7 rings (SSSR count). The molecule has 0 atom stereocenters. The maximum Gasteiger partial charge on any atom is 0.261 e. The third-order valence-electron chi connectivity index (χ3n) is 9.59. The predicted octanol–water partition coefficient (Wildman–Crippen LogP) is 11.0. The van der Waals surface area contributed by atoms with Gasteiger partial charge in [-0.2, -0.15) is 0 Å². The number of aryl methyl sites for hydroxylation is 3. The first-order valence-corrected chi connectivity index (χ1v) is 24.0. The lowest BCUT2D eigenvalue weighted by molar-refractivity contribution is 0.289. The van der Waals surface area contributed by atoms with E-state index in [2.05, 4.69) is 9.71 Å². The second kappa shape index (κ2) is 22.4. The molecule has 334 valence electrons. The number of sulfonamides is 1. The van der Waals surface area contributed by atoms with Crippen LogP contribution in [0.1, 0.15) is 42.5 Å². The number of aromatic nitrogens is 2. The molecule has 7 aromatic rings. The minimum atomic E-state index is -4.02. The maximum atomic E-state index is 14.9. The largest absolute Gasteiger partial charge is 0.485 e. The van der Waals surface area contributed by atoms with E-state index in [1.165, 1.54) is 24.3 Å². The fourth-order valence-corrected chi connectivity index (χ4v) is 7.91. The molecule has 0 unspecified atom stereocenters. The molecule has 0 aliphatic carbocycles. The van der Waals surface area contributed by atoms with Gasteiger partial charge in [-0.25, -0.2) is 35.3 Å². The number of nitrogens with zero attached hydrogens (tertiary/aromatic N) is 2. The van der Waals surface area contributed by atoms with Gasteiger partial charge in [0, 0.05) is 36.2 Å². The number of imidazole rings is 1. The molecule has 0 saturated carbocycles. The van der Waals surface area contributed by atoms with Gasteiger partial charge in [-0.15, -0.1) is 0 Å². The molecule has 0 spiro atoms. The standard InChI is InChI=1S/C27H28FN3O4S.C21H18ClFO4S/c1-2-21-9-11-26(27(17-21)34-19-22-7-4-3-5-8-22)35-25-12-10-23(18-24(25)28)36(32,33)30-13-6-15-31-16-14-29-20-31;1-2-15-8-10-20(21(12-15)26-14-16-6-4-3-5-7-16)27-19-11-9-17(13-18(19)23)28(22,24)25/h3-5,7-12,14,16-18,20,30H,2,6,13,15,19H2,1H3;3-13H,2,14H2,1H3. The van der Waals surface area contributed by atoms with Crippen LogP contribution in [0.25, 0.3) is 0 Å². The van der Waals surface area contributed by atoms with Crippen molar-refractivity contribution >= 4 is 29.8 Å². The molecule has 1 N–H and O–H groups in total. The molecule has 6 aromatic carbocycles. The van der Waals surface area contributed by atoms with Crippen LogP contribution in [0.15, 0.2) is 162 Å². The van der Waals surface area contributed by atoms with Gasteiger partial charge in [-0.1, -0.05) is 86.6 Å². The van der Waals surface area contributed by atoms with Crippen molar-refractivity contribution < 1.29 is 44.6 Å². The summed E-state index contributed by atoms with van der Waals surface area (Å²) in [5.41, 5.74) is 4.06. The van der Waals surface area contributed by atoms with Crippen molar-refractivity contribution in [1.82, 2.24) is 14.3 Å². The van der Waals surface area contributed by atoms with Gasteiger partial charge >= 0.3 is 0 Å². The van der Waals surface area contributed by atoms with Crippen molar-refractivity contribution in [2.45, 2.75) is 62.7 Å². The number of rotatable bonds is 19. The average Bonchev–Trinajstić information content (AvgIpc) is 3.83. The molecule has 0 amide bonds. The zero-order chi connectivity index (χ0) is 45.5. The van der Waals surface area contributed by atoms with Crippen LogP contribution in [0.2, 0.25) is 0 Å². The van der Waals surface area contributed by atoms with Crippen molar-refractivity contribution in [3.63, 3.8) is 0 Å². The Morgan fingerprint density at radius 3 is 1.53 bits per heavy atom. The number of hydrogen-bond acceptors (Lipinski definition) is 9. The van der Waals surface area contributed by atoms with E-state index < -0.39 is 30.7 Å². The van der Waals surface area contributed by atoms with Crippen molar-refractivity contribution in [2.75, 3.05) is 6.54 Å². The highest BCUT2D eigenvalue weighted by molar-refractivity contribution is 8.13. The molecule has 0 saturated heterocycles. The van der Waals surface area contributed by atoms with E-state index in [9.17, 15) is 25.6 Å². The molecule has 0 aliphatic heterocycles. The zero-order valence-electron chi connectivity index (χ0n) is 35.0. The number of nitrogens with one attached hydrogen (secondary N) is 1. The van der Waals surface area contributed by atoms with Crippen LogP contribution in [0.4, 0.5) is 8.78 Å². The first-order valence-electron chi connectivity index (χ1n) is 20.3. The number of ether oxygens (including phenoxy) is 4. The summed E-state index contributed by atoms with van der Waals surface area (Å²) < 4.78 is 105. The van der Waals surface area contributed by atoms with Gasteiger partial charge in [0.15, 0.2) is 46.1 Å². The molecule has 0 fully saturated rings. The van der Waals surface area contributed by atoms with Crippen molar-refractivity contribution in [3.8, 4) is 34.5 Å². The Hall–Kier alpha value is -6.26. The predicted molar refractivity (Wildman–Crippen MR) is 241 cm³/mol. The summed E-state index contributed by atoms with van der Waals surface area (Å²) in [5, 5.41) is 0. The lowest BCUT2D eigenvalue weighted by Crippen LogP contribution is -2.25. The molecule has 11 nitrogen and oxygen atoms in total. The first-order chi connectivity index (χ1) is 30.8. The summed E-state index contributed by atoms with van der Waals surface area (Å²) >= 11 is 0. The lowest BCUT2D eigenvalue weighted by atomic mass is 10.1. The fraction of sp³-hybridized carbons (Fsp3) is 0.188. The van der Waals surface area contributed by atoms with E-state index >= 15 is 0 Å². The van der Waals surface area contributed by atoms with Gasteiger partial charge in [-0.05, 0) is 102 Å². The van der Waals surface area contributed by atoms with Crippen LogP contribution in [0.5, 0.6) is 34.5 Å². The van der Waals surface area contributed by atoms with Crippen LogP contribution < -0.4 is 23.7 Å². The number of hydrogen-bond donors (Lipinski definition) is 1. The van der Waals surface area contributed by atoms with Gasteiger partial charge in [0.25, 0.3) is 9.05 Å². The molecular formula is C48H46ClF2N3O8S2. The quantitative estimate of drug-likeness (QED) is 0.0621. The second-order valence-corrected chi connectivity index (χ2v) is 18.5. The van der Waals surface area contributed by atoms with Crippen molar-refractivity contribution in [1.29, 1.82) is 0 Å². The number of halogens is 3. The summed E-state index contributed by atoms with van der Waals surface area (Å²) in [6.07, 6.45) is 7.30. The molecule has 0 aliphatic rings. The van der Waals surface area contributed by atoms with E-state index in [-0.39, 0.29) is 27.8 Å². The Labute approximate surface area is 376 Å². The average molecular weight is 930 g/mol. The molecule has 1 heterocycles. The Morgan fingerprint density at radius 2 is 1.08 bits per heavy atom. The molecular weight excluding hydrogens is 884 g/mol. The van der Waals surface area contributed by atoms with Crippen molar-refractivity contribution in [2.24, 2.45) is 0 Å². The molecule has 0 bridgehead atoms. The van der Waals surface area contributed by atoms with E-state index in [1.54, 1.807) is 30.9 Å². The summed E-state index contributed by atoms with van der Waals surface area (Å²) in [6.45, 7) is 5.54. The normalized spacial score (nSPS) is 11.3. The third-order valence-corrected chi connectivity index (χ3v) is 12.4. The third kappa shape index (κ3) is 13.6. The van der Waals surface area contributed by atoms with Crippen molar-refractivity contribution in [3.05, 3.63) is 186 Å². The monoisotopic (exact) mass is 929 g/mol. The Bertz CT molecular complexity index is 2840. The maximum absolute atomic E-state index is 14.9. The second-order valence-electron chi connectivity index (χ2n) is 14.2. The van der Waals surface area contributed by atoms with Gasteiger partial charge in [0.2, 0.25) is 10.0 Å². The number of benzene rings is 6. The highest BCUT2D eigenvalue weighted by Crippen LogP contribution is 2.37. The summed E-state index contributed by atoms with van der Waals surface area (Å²) in [7, 11) is -2.64. The smallest absolute Gasteiger partial charge is 0.261 e. The van der Waals surface area contributed by atoms with E-state index in [4.69, 9.17) is 29.6 Å². The molecule has 64 heavy (non-hydrogen) atoms. The molecule has 1 aromatic heterocycles. The lowest BCUT2D eigenvalue weighted by Gasteiger charge is -2.15. The first kappa shape index (κ1) is 47.2. The SMILES string of the molecule is CCc1ccc(Oc2ccc(S(=O)(=O)Cl)cc2F)c(OCc2ccccc2)c1.CCc1ccc(Oc2ccc(S(=O)(=O)NCCCn3ccnc3)cc2F)c(OCc2ccccc2)c1. The van der Waals surface area contributed by atoms with Gasteiger partial charge in [0.1, 0.15) is 13.2 Å². The Morgan fingerprint density at radius 1 is 0.594 bits per heavy atom. The van der Waals surface area contributed by atoms with Crippen LogP contribution in [-0.4, -0.2) is 32.9 Å². The molecule has 0 radical (unpaired) electrons. The fourth-order valence-electron chi connectivity index (χ4n) is 6.06. The van der Waals surface area contributed by atoms with Gasteiger partial charge < -0.3 is 23.5 Å². The van der Waals surface area contributed by atoms with E-state index in [1.807, 2.05) is 103 Å². The molecule has 16 heteroatoms. The minimum Gasteiger partial charge on any atom is -0.485 e. The highest BCUT2D eigenvalue weighted by atomic mass is 35.7. The Balaban J connectivity index is 0.000000219. The van der Waals surface area contributed by atoms with E-state index in [0.29, 0.717) is 49.2 Å². The summed E-state index contributed by atoms with van der Waals surface area (Å²) in [6, 6.07) is 37.0. The van der Waals surface area contributed by atoms with Gasteiger partial charge in [-0.3, -0.25) is 0 Å². The topological polar surface area (TPSA) is 135 Å². The van der Waals surface area contributed by atoms with Crippen LogP contribution in [0.3, 0.4) is 0 Å². The minimum absolute atomic E-state index is 0.0946. The zero-order valence-corrected chi connectivity index (χ0v) is 37.4. The summed E-state index contributed by atoms with van der Waals surface area (Å²) in [4.78, 5) is 3.44.